The lowest BCUT2D eigenvalue weighted by Crippen LogP contribution is -2.27. The van der Waals surface area contributed by atoms with Crippen molar-refractivity contribution in [2.75, 3.05) is 5.32 Å². The van der Waals surface area contributed by atoms with E-state index in [9.17, 15) is 18.4 Å². The molecule has 0 saturated heterocycles. The van der Waals surface area contributed by atoms with Gasteiger partial charge in [-0.15, -0.1) is 0 Å². The standard InChI is InChI=1S/C15H15F2N3O2/c1-9(2)8-20-14(21)6-5-13(19-20)15(22)18-10-3-4-11(16)12(17)7-10/h3-7,9H,8H2,1-2H3,(H,18,22). The molecule has 1 aromatic heterocycles. The first-order valence-electron chi connectivity index (χ1n) is 6.71. The number of anilines is 1. The molecule has 1 amide bonds. The Morgan fingerprint density at radius 1 is 1.23 bits per heavy atom. The van der Waals surface area contributed by atoms with E-state index in [2.05, 4.69) is 10.4 Å². The molecule has 0 fully saturated rings. The fourth-order valence-corrected chi connectivity index (χ4v) is 1.82. The first kappa shape index (κ1) is 15.8. The Morgan fingerprint density at radius 2 is 1.95 bits per heavy atom. The van der Waals surface area contributed by atoms with E-state index in [0.717, 1.165) is 12.1 Å². The topological polar surface area (TPSA) is 64.0 Å². The van der Waals surface area contributed by atoms with Gasteiger partial charge in [0.1, 0.15) is 5.69 Å². The predicted molar refractivity (Wildman–Crippen MR) is 77.6 cm³/mol. The third-order valence-corrected chi connectivity index (χ3v) is 2.81. The van der Waals surface area contributed by atoms with E-state index >= 15 is 0 Å². The van der Waals surface area contributed by atoms with E-state index in [-0.39, 0.29) is 22.9 Å². The second-order valence-corrected chi connectivity index (χ2v) is 5.22. The van der Waals surface area contributed by atoms with Crippen molar-refractivity contribution in [3.05, 3.63) is 58.0 Å². The smallest absolute Gasteiger partial charge is 0.276 e. The Balaban J connectivity index is 2.22. The van der Waals surface area contributed by atoms with Crippen LogP contribution in [-0.4, -0.2) is 15.7 Å². The number of hydrogen-bond donors (Lipinski definition) is 1. The summed E-state index contributed by atoms with van der Waals surface area (Å²) in [6.07, 6.45) is 0. The maximum atomic E-state index is 13.1. The van der Waals surface area contributed by atoms with Crippen molar-refractivity contribution >= 4 is 11.6 Å². The van der Waals surface area contributed by atoms with Gasteiger partial charge in [0.05, 0.1) is 0 Å². The highest BCUT2D eigenvalue weighted by Crippen LogP contribution is 2.13. The van der Waals surface area contributed by atoms with Crippen molar-refractivity contribution in [1.82, 2.24) is 9.78 Å². The molecule has 0 bridgehead atoms. The minimum atomic E-state index is -1.06. The fraction of sp³-hybridized carbons (Fsp3) is 0.267. The zero-order valence-corrected chi connectivity index (χ0v) is 12.1. The van der Waals surface area contributed by atoms with E-state index in [0.29, 0.717) is 6.54 Å². The molecule has 0 aliphatic heterocycles. The van der Waals surface area contributed by atoms with Crippen LogP contribution < -0.4 is 10.9 Å². The average Bonchev–Trinajstić information content (AvgIpc) is 2.44. The lowest BCUT2D eigenvalue weighted by Gasteiger charge is -2.09. The number of nitrogens with one attached hydrogen (secondary N) is 1. The number of nitrogens with zero attached hydrogens (tertiary/aromatic N) is 2. The minimum Gasteiger partial charge on any atom is -0.320 e. The second-order valence-electron chi connectivity index (χ2n) is 5.22. The van der Waals surface area contributed by atoms with Gasteiger partial charge in [-0.25, -0.2) is 13.5 Å². The van der Waals surface area contributed by atoms with Crippen molar-refractivity contribution in [1.29, 1.82) is 0 Å². The number of aromatic nitrogens is 2. The molecule has 0 atom stereocenters. The molecule has 1 aromatic carbocycles. The van der Waals surface area contributed by atoms with E-state index < -0.39 is 17.5 Å². The van der Waals surface area contributed by atoms with Gasteiger partial charge < -0.3 is 5.32 Å². The van der Waals surface area contributed by atoms with Crippen molar-refractivity contribution in [2.24, 2.45) is 5.92 Å². The Bertz CT molecular complexity index is 757. The highest BCUT2D eigenvalue weighted by Gasteiger charge is 2.12. The van der Waals surface area contributed by atoms with Crippen LogP contribution in [0.25, 0.3) is 0 Å². The van der Waals surface area contributed by atoms with Gasteiger partial charge in [0.2, 0.25) is 0 Å². The van der Waals surface area contributed by atoms with E-state index in [4.69, 9.17) is 0 Å². The third-order valence-electron chi connectivity index (χ3n) is 2.81. The van der Waals surface area contributed by atoms with Gasteiger partial charge in [-0.3, -0.25) is 9.59 Å². The lowest BCUT2D eigenvalue weighted by molar-refractivity contribution is 0.101. The van der Waals surface area contributed by atoms with Crippen LogP contribution in [0.2, 0.25) is 0 Å². The van der Waals surface area contributed by atoms with Crippen LogP contribution >= 0.6 is 0 Å². The van der Waals surface area contributed by atoms with Gasteiger partial charge in [-0.2, -0.15) is 5.10 Å². The highest BCUT2D eigenvalue weighted by molar-refractivity contribution is 6.02. The highest BCUT2D eigenvalue weighted by atomic mass is 19.2. The average molecular weight is 307 g/mol. The summed E-state index contributed by atoms with van der Waals surface area (Å²) in [5.41, 5.74) is -0.185. The van der Waals surface area contributed by atoms with Crippen LogP contribution in [0.4, 0.5) is 14.5 Å². The molecule has 1 N–H and O–H groups in total. The van der Waals surface area contributed by atoms with Crippen LogP contribution in [-0.2, 0) is 6.54 Å². The van der Waals surface area contributed by atoms with E-state index in [1.807, 2.05) is 13.8 Å². The molecule has 0 unspecified atom stereocenters. The summed E-state index contributed by atoms with van der Waals surface area (Å²) in [5.74, 6) is -2.48. The number of hydrogen-bond acceptors (Lipinski definition) is 3. The van der Waals surface area contributed by atoms with Crippen LogP contribution in [0, 0.1) is 17.6 Å². The first-order valence-corrected chi connectivity index (χ1v) is 6.71. The quantitative estimate of drug-likeness (QED) is 0.943. The second kappa shape index (κ2) is 6.46. The van der Waals surface area contributed by atoms with Crippen molar-refractivity contribution in [3.8, 4) is 0 Å². The van der Waals surface area contributed by atoms with Crippen molar-refractivity contribution < 1.29 is 13.6 Å². The van der Waals surface area contributed by atoms with Crippen LogP contribution in [0.5, 0.6) is 0 Å². The lowest BCUT2D eigenvalue weighted by atomic mass is 10.2. The van der Waals surface area contributed by atoms with Gasteiger partial charge in [0, 0.05) is 24.4 Å². The summed E-state index contributed by atoms with van der Waals surface area (Å²) in [6, 6.07) is 5.56. The van der Waals surface area contributed by atoms with Gasteiger partial charge in [-0.1, -0.05) is 13.8 Å². The molecule has 0 radical (unpaired) electrons. The fourth-order valence-electron chi connectivity index (χ4n) is 1.82. The number of rotatable bonds is 4. The number of carbonyl (C=O) groups excluding carboxylic acids is 1. The summed E-state index contributed by atoms with van der Waals surface area (Å²) in [4.78, 5) is 23.7. The molecule has 22 heavy (non-hydrogen) atoms. The van der Waals surface area contributed by atoms with Gasteiger partial charge >= 0.3 is 0 Å². The Labute approximate surface area is 125 Å². The SMILES string of the molecule is CC(C)Cn1nc(C(=O)Nc2ccc(F)c(F)c2)ccc1=O. The van der Waals surface area contributed by atoms with Gasteiger partial charge in [-0.05, 0) is 24.1 Å². The molecular formula is C15H15F2N3O2. The molecule has 0 aliphatic carbocycles. The van der Waals surface area contributed by atoms with E-state index in [1.54, 1.807) is 0 Å². The monoisotopic (exact) mass is 307 g/mol. The summed E-state index contributed by atoms with van der Waals surface area (Å²) in [5, 5.41) is 6.38. The normalized spacial score (nSPS) is 10.8. The minimum absolute atomic E-state index is 0.0185. The summed E-state index contributed by atoms with van der Waals surface area (Å²) < 4.78 is 27.1. The van der Waals surface area contributed by atoms with Crippen molar-refractivity contribution in [2.45, 2.75) is 20.4 Å². The van der Waals surface area contributed by atoms with Crippen LogP contribution in [0.15, 0.2) is 35.1 Å². The van der Waals surface area contributed by atoms with Crippen molar-refractivity contribution in [3.63, 3.8) is 0 Å². The maximum absolute atomic E-state index is 13.1. The Hall–Kier alpha value is -2.57. The molecular weight excluding hydrogens is 292 g/mol. The van der Waals surface area contributed by atoms with Gasteiger partial charge in [0.15, 0.2) is 11.6 Å². The maximum Gasteiger partial charge on any atom is 0.276 e. The number of benzene rings is 1. The number of carbonyl (C=O) groups is 1. The van der Waals surface area contributed by atoms with Crippen LogP contribution in [0.3, 0.4) is 0 Å². The molecule has 0 spiro atoms. The molecule has 5 nitrogen and oxygen atoms in total. The van der Waals surface area contributed by atoms with E-state index in [1.165, 1.54) is 22.9 Å². The summed E-state index contributed by atoms with van der Waals surface area (Å²) in [6.45, 7) is 4.22. The molecule has 7 heteroatoms. The third kappa shape index (κ3) is 3.75. The Morgan fingerprint density at radius 3 is 2.59 bits per heavy atom. The molecule has 116 valence electrons. The van der Waals surface area contributed by atoms with Gasteiger partial charge in [0.25, 0.3) is 11.5 Å². The number of amides is 1. The molecule has 2 aromatic rings. The first-order chi connectivity index (χ1) is 10.4. The summed E-state index contributed by atoms with van der Waals surface area (Å²) in [7, 11) is 0. The molecule has 1 heterocycles. The summed E-state index contributed by atoms with van der Waals surface area (Å²) >= 11 is 0. The number of halogens is 2. The predicted octanol–water partition coefficient (Wildman–Crippen LogP) is 2.43. The molecule has 0 aliphatic rings. The zero-order valence-electron chi connectivity index (χ0n) is 12.1. The Kier molecular flexibility index (Phi) is 4.65. The molecule has 0 saturated carbocycles. The van der Waals surface area contributed by atoms with Crippen LogP contribution in [0.1, 0.15) is 24.3 Å². The largest absolute Gasteiger partial charge is 0.320 e. The molecule has 2 rings (SSSR count). The zero-order chi connectivity index (χ0) is 16.3.